The van der Waals surface area contributed by atoms with Crippen LogP contribution in [0.5, 0.6) is 0 Å². The second-order valence-corrected chi connectivity index (χ2v) is 5.50. The molecule has 0 saturated carbocycles. The molecule has 0 saturated heterocycles. The van der Waals surface area contributed by atoms with Gasteiger partial charge in [0.15, 0.2) is 0 Å². The van der Waals surface area contributed by atoms with Gasteiger partial charge in [0.05, 0.1) is 0 Å². The molecular weight excluding hydrogens is 246 g/mol. The molecule has 2 atom stereocenters. The summed E-state index contributed by atoms with van der Waals surface area (Å²) in [6, 6.07) is 8.93. The number of nitrogens with zero attached hydrogens (tertiary/aromatic N) is 2. The summed E-state index contributed by atoms with van der Waals surface area (Å²) < 4.78 is 0. The van der Waals surface area contributed by atoms with E-state index in [0.717, 1.165) is 6.42 Å². The Bertz CT molecular complexity index is 553. The van der Waals surface area contributed by atoms with Crippen molar-refractivity contribution in [1.29, 1.82) is 0 Å². The average Bonchev–Trinajstić information content (AvgIpc) is 2.53. The number of pyridine rings is 2. The fourth-order valence-electron chi connectivity index (χ4n) is 3.26. The molecule has 20 heavy (non-hydrogen) atoms. The highest BCUT2D eigenvalue weighted by Gasteiger charge is 2.28. The van der Waals surface area contributed by atoms with Gasteiger partial charge in [0.25, 0.3) is 0 Å². The first-order valence-electron chi connectivity index (χ1n) is 7.38. The van der Waals surface area contributed by atoms with Crippen LogP contribution in [-0.4, -0.2) is 23.1 Å². The first-order valence-corrected chi connectivity index (χ1v) is 7.38. The van der Waals surface area contributed by atoms with Crippen molar-refractivity contribution in [2.24, 2.45) is 0 Å². The zero-order valence-electron chi connectivity index (χ0n) is 11.9. The van der Waals surface area contributed by atoms with E-state index in [2.05, 4.69) is 46.6 Å². The summed E-state index contributed by atoms with van der Waals surface area (Å²) in [4.78, 5) is 8.75. The minimum atomic E-state index is 0.436. The molecule has 2 aromatic rings. The number of nitrogens with one attached hydrogen (secondary N) is 1. The van der Waals surface area contributed by atoms with Crippen LogP contribution in [-0.2, 0) is 12.8 Å². The quantitative estimate of drug-likeness (QED) is 0.925. The van der Waals surface area contributed by atoms with Crippen LogP contribution in [0.1, 0.15) is 35.6 Å². The first-order chi connectivity index (χ1) is 9.88. The molecule has 1 aliphatic rings. The van der Waals surface area contributed by atoms with Crippen LogP contribution in [0.25, 0.3) is 0 Å². The van der Waals surface area contributed by atoms with E-state index in [9.17, 15) is 0 Å². The van der Waals surface area contributed by atoms with Crippen molar-refractivity contribution in [2.75, 3.05) is 7.05 Å². The maximum atomic E-state index is 4.66. The number of aryl methyl sites for hydroxylation is 1. The van der Waals surface area contributed by atoms with Gasteiger partial charge in [0, 0.05) is 36.2 Å². The van der Waals surface area contributed by atoms with E-state index >= 15 is 0 Å². The lowest BCUT2D eigenvalue weighted by atomic mass is 9.80. The monoisotopic (exact) mass is 267 g/mol. The Hall–Kier alpha value is -1.74. The van der Waals surface area contributed by atoms with Crippen LogP contribution in [0.4, 0.5) is 0 Å². The summed E-state index contributed by atoms with van der Waals surface area (Å²) in [5.41, 5.74) is 4.06. The topological polar surface area (TPSA) is 37.8 Å². The van der Waals surface area contributed by atoms with Crippen LogP contribution in [0.2, 0.25) is 0 Å². The van der Waals surface area contributed by atoms with E-state index in [1.807, 2.05) is 18.6 Å². The van der Waals surface area contributed by atoms with Crippen LogP contribution >= 0.6 is 0 Å². The number of hydrogen-bond acceptors (Lipinski definition) is 3. The van der Waals surface area contributed by atoms with Crippen LogP contribution in [0.3, 0.4) is 0 Å². The van der Waals surface area contributed by atoms with E-state index in [4.69, 9.17) is 0 Å². The molecule has 2 aromatic heterocycles. The number of aromatic nitrogens is 2. The van der Waals surface area contributed by atoms with Crippen molar-refractivity contribution in [2.45, 2.75) is 37.6 Å². The molecule has 2 unspecified atom stereocenters. The Balaban J connectivity index is 1.84. The van der Waals surface area contributed by atoms with Gasteiger partial charge in [-0.2, -0.15) is 0 Å². The zero-order chi connectivity index (χ0) is 13.8. The first kappa shape index (κ1) is 13.3. The highest BCUT2D eigenvalue weighted by molar-refractivity contribution is 5.28. The molecule has 3 rings (SSSR count). The molecular formula is C17H21N3. The van der Waals surface area contributed by atoms with Crippen molar-refractivity contribution in [1.82, 2.24) is 15.3 Å². The molecule has 1 N–H and O–H groups in total. The molecule has 2 heterocycles. The summed E-state index contributed by atoms with van der Waals surface area (Å²) in [6.45, 7) is 0. The molecule has 0 bridgehead atoms. The minimum Gasteiger partial charge on any atom is -0.316 e. The summed E-state index contributed by atoms with van der Waals surface area (Å²) in [5.74, 6) is 0.512. The zero-order valence-corrected chi connectivity index (χ0v) is 11.9. The fraction of sp³-hybridized carbons (Fsp3) is 0.412. The summed E-state index contributed by atoms with van der Waals surface area (Å²) in [5, 5.41) is 3.50. The molecule has 3 heteroatoms. The second-order valence-electron chi connectivity index (χ2n) is 5.50. The Morgan fingerprint density at radius 2 is 2.10 bits per heavy atom. The van der Waals surface area contributed by atoms with Gasteiger partial charge in [-0.1, -0.05) is 6.07 Å². The van der Waals surface area contributed by atoms with Crippen LogP contribution in [0.15, 0.2) is 42.9 Å². The Kier molecular flexibility index (Phi) is 4.07. The Morgan fingerprint density at radius 1 is 1.25 bits per heavy atom. The Morgan fingerprint density at radius 3 is 2.90 bits per heavy atom. The van der Waals surface area contributed by atoms with Gasteiger partial charge >= 0.3 is 0 Å². The smallest absolute Gasteiger partial charge is 0.0482 e. The van der Waals surface area contributed by atoms with Crippen LogP contribution < -0.4 is 5.32 Å². The van der Waals surface area contributed by atoms with Gasteiger partial charge in [-0.3, -0.25) is 9.97 Å². The van der Waals surface area contributed by atoms with E-state index in [-0.39, 0.29) is 0 Å². The second kappa shape index (κ2) is 6.14. The van der Waals surface area contributed by atoms with Crippen LogP contribution in [0, 0.1) is 0 Å². The summed E-state index contributed by atoms with van der Waals surface area (Å²) in [6.07, 6.45) is 10.4. The highest BCUT2D eigenvalue weighted by atomic mass is 14.9. The van der Waals surface area contributed by atoms with Gasteiger partial charge < -0.3 is 5.32 Å². The van der Waals surface area contributed by atoms with Crippen molar-refractivity contribution >= 4 is 0 Å². The van der Waals surface area contributed by atoms with Crippen molar-refractivity contribution in [3.05, 3.63) is 59.7 Å². The van der Waals surface area contributed by atoms with Crippen molar-refractivity contribution in [3.63, 3.8) is 0 Å². The maximum Gasteiger partial charge on any atom is 0.0482 e. The number of rotatable bonds is 4. The third-order valence-corrected chi connectivity index (χ3v) is 4.30. The molecule has 0 amide bonds. The number of likely N-dealkylation sites (N-methyl/N-ethyl adjacent to an activating group) is 1. The standard InChI is InChI=1S/C17H21N3/c1-18-16(12-13-7-10-19-11-8-13)15-6-2-4-14-5-3-9-20-17(14)15/h3,5,7-11,15-16,18H,2,4,6,12H2,1H3. The van der Waals surface area contributed by atoms with Crippen molar-refractivity contribution < 1.29 is 0 Å². The molecule has 104 valence electrons. The average molecular weight is 267 g/mol. The molecule has 0 aromatic carbocycles. The highest BCUT2D eigenvalue weighted by Crippen LogP contribution is 2.33. The third-order valence-electron chi connectivity index (χ3n) is 4.30. The maximum absolute atomic E-state index is 4.66. The number of fused-ring (bicyclic) bond motifs is 1. The summed E-state index contributed by atoms with van der Waals surface area (Å²) >= 11 is 0. The molecule has 0 aliphatic heterocycles. The Labute approximate surface area is 120 Å². The molecule has 0 spiro atoms. The normalized spacial score (nSPS) is 19.4. The predicted molar refractivity (Wildman–Crippen MR) is 80.7 cm³/mol. The predicted octanol–water partition coefficient (Wildman–Crippen LogP) is 2.73. The van der Waals surface area contributed by atoms with Gasteiger partial charge in [-0.25, -0.2) is 0 Å². The molecule has 1 aliphatic carbocycles. The van der Waals surface area contributed by atoms with E-state index in [0.29, 0.717) is 12.0 Å². The lowest BCUT2D eigenvalue weighted by molar-refractivity contribution is 0.403. The largest absolute Gasteiger partial charge is 0.316 e. The van der Waals surface area contributed by atoms with Gasteiger partial charge in [-0.05, 0) is 62.1 Å². The van der Waals surface area contributed by atoms with Gasteiger partial charge in [0.1, 0.15) is 0 Å². The van der Waals surface area contributed by atoms with Crippen molar-refractivity contribution in [3.8, 4) is 0 Å². The molecule has 0 radical (unpaired) electrons. The van der Waals surface area contributed by atoms with Gasteiger partial charge in [0.2, 0.25) is 0 Å². The fourth-order valence-corrected chi connectivity index (χ4v) is 3.26. The SMILES string of the molecule is CNC(Cc1ccncc1)C1CCCc2cccnc21. The molecule has 0 fully saturated rings. The van der Waals surface area contributed by atoms with E-state index in [1.165, 1.54) is 36.1 Å². The van der Waals surface area contributed by atoms with Gasteiger partial charge in [-0.15, -0.1) is 0 Å². The van der Waals surface area contributed by atoms with E-state index in [1.54, 1.807) is 0 Å². The van der Waals surface area contributed by atoms with E-state index < -0.39 is 0 Å². The third kappa shape index (κ3) is 2.73. The minimum absolute atomic E-state index is 0.436. The lowest BCUT2D eigenvalue weighted by Crippen LogP contribution is -2.36. The lowest BCUT2D eigenvalue weighted by Gasteiger charge is -2.31. The summed E-state index contributed by atoms with van der Waals surface area (Å²) in [7, 11) is 2.06. The molecule has 3 nitrogen and oxygen atoms in total. The number of hydrogen-bond donors (Lipinski definition) is 1.